The molecule has 0 heterocycles. The van der Waals surface area contributed by atoms with Crippen molar-refractivity contribution in [2.75, 3.05) is 18.2 Å². The van der Waals surface area contributed by atoms with Crippen LogP contribution in [0.1, 0.15) is 15.9 Å². The zero-order valence-electron chi connectivity index (χ0n) is 13.2. The van der Waals surface area contributed by atoms with E-state index in [0.29, 0.717) is 15.6 Å². The molecule has 0 aliphatic heterocycles. The van der Waals surface area contributed by atoms with Crippen molar-refractivity contribution < 1.29 is 18.5 Å². The first-order valence-corrected chi connectivity index (χ1v) is 8.97. The number of aryl methyl sites for hydroxylation is 1. The van der Waals surface area contributed by atoms with Crippen LogP contribution in [0.3, 0.4) is 0 Å². The lowest BCUT2D eigenvalue weighted by atomic mass is 10.2. The molecule has 0 saturated carbocycles. The van der Waals surface area contributed by atoms with Gasteiger partial charge < -0.3 is 10.1 Å². The van der Waals surface area contributed by atoms with Crippen LogP contribution in [-0.2, 0) is 20.3 Å². The summed E-state index contributed by atoms with van der Waals surface area (Å²) in [6.07, 6.45) is 1.47. The van der Waals surface area contributed by atoms with E-state index in [1.807, 2.05) is 0 Å². The van der Waals surface area contributed by atoms with Crippen LogP contribution >= 0.6 is 11.6 Å². The second kappa shape index (κ2) is 8.08. The van der Waals surface area contributed by atoms with Crippen molar-refractivity contribution in [3.63, 3.8) is 0 Å². The van der Waals surface area contributed by atoms with Crippen molar-refractivity contribution >= 4 is 40.0 Å². The van der Waals surface area contributed by atoms with Gasteiger partial charge in [0.15, 0.2) is 6.61 Å². The number of halogens is 1. The first kappa shape index (κ1) is 18.2. The molecule has 0 radical (unpaired) electrons. The molecule has 1 N–H and O–H groups in total. The number of ether oxygens (including phenoxy) is 1. The highest BCUT2D eigenvalue weighted by molar-refractivity contribution is 7.84. The Morgan fingerprint density at radius 1 is 1.21 bits per heavy atom. The topological polar surface area (TPSA) is 72.5 Å². The summed E-state index contributed by atoms with van der Waals surface area (Å²) in [6, 6.07) is 11.5. The molecule has 0 spiro atoms. The average Bonchev–Trinajstić information content (AvgIpc) is 2.55. The number of benzene rings is 2. The highest BCUT2D eigenvalue weighted by Crippen LogP contribution is 2.19. The maximum absolute atomic E-state index is 12.1. The second-order valence-electron chi connectivity index (χ2n) is 5.03. The van der Waals surface area contributed by atoms with E-state index in [2.05, 4.69) is 5.32 Å². The monoisotopic (exact) mass is 365 g/mol. The van der Waals surface area contributed by atoms with E-state index < -0.39 is 29.3 Å². The molecule has 2 aromatic carbocycles. The summed E-state index contributed by atoms with van der Waals surface area (Å²) in [5, 5.41) is 3.22. The van der Waals surface area contributed by atoms with Crippen molar-refractivity contribution in [1.29, 1.82) is 0 Å². The predicted molar refractivity (Wildman–Crippen MR) is 93.9 cm³/mol. The molecule has 5 nitrogen and oxygen atoms in total. The molecule has 0 fully saturated rings. The van der Waals surface area contributed by atoms with E-state index in [1.165, 1.54) is 12.3 Å². The highest BCUT2D eigenvalue weighted by Gasteiger charge is 2.16. The normalized spacial score (nSPS) is 11.6. The van der Waals surface area contributed by atoms with Gasteiger partial charge in [-0.15, -0.1) is 0 Å². The minimum absolute atomic E-state index is 0.189. The number of anilines is 1. The van der Waals surface area contributed by atoms with Gasteiger partial charge in [-0.05, 0) is 42.8 Å². The van der Waals surface area contributed by atoms with Crippen LogP contribution in [0.25, 0.3) is 0 Å². The lowest BCUT2D eigenvalue weighted by molar-refractivity contribution is -0.119. The first-order chi connectivity index (χ1) is 11.4. The van der Waals surface area contributed by atoms with Gasteiger partial charge in [0.25, 0.3) is 5.91 Å². The summed E-state index contributed by atoms with van der Waals surface area (Å²) in [7, 11) is -1.33. The van der Waals surface area contributed by atoms with Gasteiger partial charge in [-0.25, -0.2) is 4.79 Å². The van der Waals surface area contributed by atoms with Crippen molar-refractivity contribution in [2.45, 2.75) is 11.8 Å². The Hall–Kier alpha value is -2.18. The van der Waals surface area contributed by atoms with Crippen molar-refractivity contribution in [3.05, 3.63) is 58.6 Å². The van der Waals surface area contributed by atoms with Gasteiger partial charge in [0.05, 0.1) is 21.3 Å². The molecule has 2 rings (SSSR count). The third-order valence-corrected chi connectivity index (χ3v) is 4.42. The molecule has 0 aliphatic carbocycles. The highest BCUT2D eigenvalue weighted by atomic mass is 35.5. The zero-order chi connectivity index (χ0) is 17.7. The van der Waals surface area contributed by atoms with E-state index in [-0.39, 0.29) is 5.56 Å². The summed E-state index contributed by atoms with van der Waals surface area (Å²) in [6.45, 7) is 1.37. The minimum atomic E-state index is -1.33. The van der Waals surface area contributed by atoms with Crippen LogP contribution in [-0.4, -0.2) is 28.9 Å². The van der Waals surface area contributed by atoms with Crippen LogP contribution in [0, 0.1) is 6.92 Å². The van der Waals surface area contributed by atoms with E-state index in [4.69, 9.17) is 16.3 Å². The van der Waals surface area contributed by atoms with E-state index in [9.17, 15) is 13.8 Å². The molecule has 0 aromatic heterocycles. The molecule has 0 aliphatic rings. The maximum atomic E-state index is 12.1. The molecular formula is C17H16ClNO4S. The lowest BCUT2D eigenvalue weighted by Gasteiger charge is -2.10. The molecule has 0 unspecified atom stereocenters. The molecule has 2 aromatic rings. The first-order valence-electron chi connectivity index (χ1n) is 7.04. The van der Waals surface area contributed by atoms with Gasteiger partial charge >= 0.3 is 5.97 Å². The summed E-state index contributed by atoms with van der Waals surface area (Å²) < 4.78 is 16.6. The fourth-order valence-electron chi connectivity index (χ4n) is 2.05. The van der Waals surface area contributed by atoms with Gasteiger partial charge in [0.1, 0.15) is 0 Å². The number of esters is 1. The van der Waals surface area contributed by atoms with Crippen LogP contribution in [0.4, 0.5) is 5.69 Å². The summed E-state index contributed by atoms with van der Waals surface area (Å²) in [5.41, 5.74) is 1.58. The standard InChI is InChI=1S/C17H16ClNO4S/c1-11-9-12(18)7-8-14(11)19-16(20)10-23-17(21)13-5-3-4-6-15(13)24(2)22/h3-9H,10H2,1-2H3,(H,19,20)/t24-/m1/s1. The summed E-state index contributed by atoms with van der Waals surface area (Å²) in [5.74, 6) is -1.16. The minimum Gasteiger partial charge on any atom is -0.452 e. The molecule has 1 atom stereocenters. The Kier molecular flexibility index (Phi) is 6.11. The van der Waals surface area contributed by atoms with Crippen LogP contribution in [0.15, 0.2) is 47.4 Å². The van der Waals surface area contributed by atoms with Gasteiger partial charge in [-0.2, -0.15) is 0 Å². The molecule has 126 valence electrons. The number of carbonyl (C=O) groups excluding carboxylic acids is 2. The van der Waals surface area contributed by atoms with Crippen molar-refractivity contribution in [2.24, 2.45) is 0 Å². The van der Waals surface area contributed by atoms with Gasteiger partial charge in [0.2, 0.25) is 0 Å². The Morgan fingerprint density at radius 3 is 2.58 bits per heavy atom. The van der Waals surface area contributed by atoms with Crippen molar-refractivity contribution in [1.82, 2.24) is 0 Å². The number of carbonyl (C=O) groups is 2. The quantitative estimate of drug-likeness (QED) is 0.826. The Bertz CT molecular complexity index is 807. The number of amides is 1. The van der Waals surface area contributed by atoms with E-state index >= 15 is 0 Å². The average molecular weight is 366 g/mol. The predicted octanol–water partition coefficient (Wildman–Crippen LogP) is 3.18. The molecule has 0 saturated heterocycles. The molecule has 0 bridgehead atoms. The number of hydrogen-bond donors (Lipinski definition) is 1. The largest absolute Gasteiger partial charge is 0.452 e. The Balaban J connectivity index is 1.99. The second-order valence-corrected chi connectivity index (χ2v) is 6.82. The van der Waals surface area contributed by atoms with Gasteiger partial charge in [-0.3, -0.25) is 9.00 Å². The molecule has 7 heteroatoms. The fourth-order valence-corrected chi connectivity index (χ4v) is 3.01. The van der Waals surface area contributed by atoms with Crippen molar-refractivity contribution in [3.8, 4) is 0 Å². The van der Waals surface area contributed by atoms with E-state index in [1.54, 1.807) is 43.3 Å². The fraction of sp³-hybridized carbons (Fsp3) is 0.176. The smallest absolute Gasteiger partial charge is 0.339 e. The Morgan fingerprint density at radius 2 is 1.92 bits per heavy atom. The van der Waals surface area contributed by atoms with Gasteiger partial charge in [-0.1, -0.05) is 23.7 Å². The molecular weight excluding hydrogens is 350 g/mol. The van der Waals surface area contributed by atoms with Gasteiger partial charge in [0, 0.05) is 17.0 Å². The molecule has 1 amide bonds. The number of hydrogen-bond acceptors (Lipinski definition) is 4. The zero-order valence-corrected chi connectivity index (χ0v) is 14.7. The third kappa shape index (κ3) is 4.66. The van der Waals surface area contributed by atoms with Crippen LogP contribution in [0.5, 0.6) is 0 Å². The molecule has 24 heavy (non-hydrogen) atoms. The van der Waals surface area contributed by atoms with Crippen LogP contribution < -0.4 is 5.32 Å². The Labute approximate surface area is 147 Å². The number of rotatable bonds is 5. The number of nitrogens with one attached hydrogen (secondary N) is 1. The lowest BCUT2D eigenvalue weighted by Crippen LogP contribution is -2.21. The summed E-state index contributed by atoms with van der Waals surface area (Å²) in [4.78, 5) is 24.4. The third-order valence-electron chi connectivity index (χ3n) is 3.21. The van der Waals surface area contributed by atoms with E-state index in [0.717, 1.165) is 5.56 Å². The van der Waals surface area contributed by atoms with Crippen LogP contribution in [0.2, 0.25) is 5.02 Å². The SMILES string of the molecule is Cc1cc(Cl)ccc1NC(=O)COC(=O)c1ccccc1[S@@](C)=O. The maximum Gasteiger partial charge on any atom is 0.339 e. The summed E-state index contributed by atoms with van der Waals surface area (Å²) >= 11 is 5.86.